The summed E-state index contributed by atoms with van der Waals surface area (Å²) >= 11 is 0. The van der Waals surface area contributed by atoms with Crippen LogP contribution >= 0.6 is 0 Å². The molecule has 2 N–H and O–H groups in total. The zero-order valence-electron chi connectivity index (χ0n) is 16.5. The Morgan fingerprint density at radius 1 is 1.17 bits per heavy atom. The fourth-order valence-corrected chi connectivity index (χ4v) is 3.29. The lowest BCUT2D eigenvalue weighted by Crippen LogP contribution is -2.43. The van der Waals surface area contributed by atoms with Crippen molar-refractivity contribution in [1.29, 1.82) is 0 Å². The van der Waals surface area contributed by atoms with Gasteiger partial charge in [-0.25, -0.2) is 9.18 Å². The normalized spacial score (nSPS) is 18.2. The zero-order chi connectivity index (χ0) is 21.7. The third-order valence-electron chi connectivity index (χ3n) is 4.85. The number of rotatable bonds is 6. The molecule has 2 atom stereocenters. The minimum atomic E-state index is -1.02. The average molecular weight is 414 g/mol. The second-order valence-corrected chi connectivity index (χ2v) is 7.24. The zero-order valence-corrected chi connectivity index (χ0v) is 16.5. The first-order valence-corrected chi connectivity index (χ1v) is 9.57. The molecule has 1 aliphatic rings. The third-order valence-corrected chi connectivity index (χ3v) is 4.85. The molecule has 0 bridgehead atoms. The van der Waals surface area contributed by atoms with Gasteiger partial charge in [0.25, 0.3) is 5.91 Å². The fraction of sp³-hybridized carbons (Fsp3) is 0.318. The van der Waals surface area contributed by atoms with Gasteiger partial charge in [-0.2, -0.15) is 0 Å². The lowest BCUT2D eigenvalue weighted by atomic mass is 10.1. The number of hydrogen-bond donors (Lipinski definition) is 2. The van der Waals surface area contributed by atoms with Crippen LogP contribution in [-0.4, -0.2) is 53.1 Å². The van der Waals surface area contributed by atoms with E-state index >= 15 is 0 Å². The lowest BCUT2D eigenvalue weighted by molar-refractivity contribution is -0.155. The van der Waals surface area contributed by atoms with Gasteiger partial charge in [0.2, 0.25) is 5.91 Å². The Kier molecular flexibility index (Phi) is 6.79. The van der Waals surface area contributed by atoms with Gasteiger partial charge in [0.05, 0.1) is 12.5 Å². The van der Waals surface area contributed by atoms with Gasteiger partial charge in [-0.3, -0.25) is 9.59 Å². The molecule has 0 unspecified atom stereocenters. The van der Waals surface area contributed by atoms with E-state index in [0.717, 1.165) is 5.56 Å². The molecule has 1 saturated heterocycles. The number of β-amino-alcohol motifs (C(OH)–C–C–N with tert-alkyl or cyclic N) is 1. The van der Waals surface area contributed by atoms with Crippen molar-refractivity contribution < 1.29 is 28.6 Å². The number of aliphatic hydroxyl groups is 1. The molecule has 0 saturated carbocycles. The highest BCUT2D eigenvalue weighted by molar-refractivity contribution is 5.93. The molecule has 7 nitrogen and oxygen atoms in total. The highest BCUT2D eigenvalue weighted by atomic mass is 19.1. The molecular formula is C22H23FN2O5. The molecule has 1 aliphatic heterocycles. The SMILES string of the molecule is Cc1ccc(NC(=O)COC(=O)[C@H]2C[C@H](O)CN2C(=O)Cc2ccccc2F)cc1. The van der Waals surface area contributed by atoms with Crippen molar-refractivity contribution in [1.82, 2.24) is 4.90 Å². The number of carbonyl (C=O) groups is 3. The number of benzene rings is 2. The quantitative estimate of drug-likeness (QED) is 0.703. The standard InChI is InChI=1S/C22H23FN2O5/c1-14-6-8-16(9-7-14)24-20(27)13-30-22(29)19-11-17(26)12-25(19)21(28)10-15-4-2-3-5-18(15)23/h2-9,17,19,26H,10-13H2,1H3,(H,24,27)/t17-,19+/m0/s1. The number of nitrogens with zero attached hydrogens (tertiary/aromatic N) is 1. The van der Waals surface area contributed by atoms with Crippen molar-refractivity contribution in [3.8, 4) is 0 Å². The smallest absolute Gasteiger partial charge is 0.329 e. The number of likely N-dealkylation sites (tertiary alicyclic amines) is 1. The molecule has 0 aromatic heterocycles. The Morgan fingerprint density at radius 2 is 1.87 bits per heavy atom. The number of amides is 2. The Morgan fingerprint density at radius 3 is 2.57 bits per heavy atom. The highest BCUT2D eigenvalue weighted by Crippen LogP contribution is 2.21. The summed E-state index contributed by atoms with van der Waals surface area (Å²) in [4.78, 5) is 38.2. The summed E-state index contributed by atoms with van der Waals surface area (Å²) in [7, 11) is 0. The number of carbonyl (C=O) groups excluding carboxylic acids is 3. The molecule has 0 spiro atoms. The van der Waals surface area contributed by atoms with Crippen molar-refractivity contribution in [3.05, 3.63) is 65.5 Å². The molecule has 30 heavy (non-hydrogen) atoms. The summed E-state index contributed by atoms with van der Waals surface area (Å²) in [5, 5.41) is 12.5. The van der Waals surface area contributed by atoms with E-state index in [-0.39, 0.29) is 24.9 Å². The number of nitrogens with one attached hydrogen (secondary N) is 1. The van der Waals surface area contributed by atoms with Gasteiger partial charge in [0, 0.05) is 18.7 Å². The van der Waals surface area contributed by atoms with Gasteiger partial charge in [-0.05, 0) is 30.7 Å². The van der Waals surface area contributed by atoms with E-state index in [2.05, 4.69) is 5.32 Å². The van der Waals surface area contributed by atoms with Gasteiger partial charge in [-0.1, -0.05) is 35.9 Å². The molecule has 158 valence electrons. The summed E-state index contributed by atoms with van der Waals surface area (Å²) in [6, 6.07) is 12.0. The second-order valence-electron chi connectivity index (χ2n) is 7.24. The summed E-state index contributed by atoms with van der Waals surface area (Å²) in [5.74, 6) is -2.32. The van der Waals surface area contributed by atoms with Crippen molar-refractivity contribution in [2.45, 2.75) is 31.9 Å². The monoisotopic (exact) mass is 414 g/mol. The fourth-order valence-electron chi connectivity index (χ4n) is 3.29. The number of hydrogen-bond acceptors (Lipinski definition) is 5. The molecule has 0 radical (unpaired) electrons. The van der Waals surface area contributed by atoms with Crippen LogP contribution in [0.5, 0.6) is 0 Å². The van der Waals surface area contributed by atoms with Crippen LogP contribution < -0.4 is 5.32 Å². The number of aryl methyl sites for hydroxylation is 1. The number of ether oxygens (including phenoxy) is 1. The van der Waals surface area contributed by atoms with Crippen LogP contribution in [0.25, 0.3) is 0 Å². The molecule has 3 rings (SSSR count). The summed E-state index contributed by atoms with van der Waals surface area (Å²) in [5.41, 5.74) is 1.81. The van der Waals surface area contributed by atoms with Crippen molar-refractivity contribution in [2.75, 3.05) is 18.5 Å². The van der Waals surface area contributed by atoms with Gasteiger partial charge >= 0.3 is 5.97 Å². The topological polar surface area (TPSA) is 95.9 Å². The maximum atomic E-state index is 13.8. The Labute approximate surface area is 173 Å². The van der Waals surface area contributed by atoms with Crippen LogP contribution in [0.2, 0.25) is 0 Å². The maximum Gasteiger partial charge on any atom is 0.329 e. The Balaban J connectivity index is 1.56. The van der Waals surface area contributed by atoms with Crippen LogP contribution in [0.4, 0.5) is 10.1 Å². The number of halogens is 1. The highest BCUT2D eigenvalue weighted by Gasteiger charge is 2.40. The predicted octanol–water partition coefficient (Wildman–Crippen LogP) is 1.82. The Bertz CT molecular complexity index is 931. The molecule has 0 aliphatic carbocycles. The third kappa shape index (κ3) is 5.42. The molecule has 2 aromatic rings. The van der Waals surface area contributed by atoms with E-state index < -0.39 is 42.4 Å². The van der Waals surface area contributed by atoms with Crippen LogP contribution in [0.1, 0.15) is 17.5 Å². The minimum absolute atomic E-state index is 0.00142. The number of aliphatic hydroxyl groups excluding tert-OH is 1. The molecule has 8 heteroatoms. The molecule has 2 amide bonds. The van der Waals surface area contributed by atoms with E-state index in [1.807, 2.05) is 19.1 Å². The first kappa shape index (κ1) is 21.4. The molecular weight excluding hydrogens is 391 g/mol. The van der Waals surface area contributed by atoms with Crippen LogP contribution in [0, 0.1) is 12.7 Å². The molecule has 1 fully saturated rings. The van der Waals surface area contributed by atoms with Gasteiger partial charge < -0.3 is 20.1 Å². The molecule has 2 aromatic carbocycles. The van der Waals surface area contributed by atoms with E-state index in [4.69, 9.17) is 4.74 Å². The Hall–Kier alpha value is -3.26. The van der Waals surface area contributed by atoms with E-state index in [0.29, 0.717) is 5.69 Å². The lowest BCUT2D eigenvalue weighted by Gasteiger charge is -2.23. The van der Waals surface area contributed by atoms with E-state index in [9.17, 15) is 23.9 Å². The first-order valence-electron chi connectivity index (χ1n) is 9.57. The second kappa shape index (κ2) is 9.49. The van der Waals surface area contributed by atoms with Crippen LogP contribution in [0.3, 0.4) is 0 Å². The van der Waals surface area contributed by atoms with Crippen molar-refractivity contribution in [2.24, 2.45) is 0 Å². The average Bonchev–Trinajstić information content (AvgIpc) is 3.11. The van der Waals surface area contributed by atoms with E-state index in [1.54, 1.807) is 18.2 Å². The van der Waals surface area contributed by atoms with Gasteiger partial charge in [-0.15, -0.1) is 0 Å². The summed E-state index contributed by atoms with van der Waals surface area (Å²) in [6.07, 6.45) is -1.13. The van der Waals surface area contributed by atoms with Crippen LogP contribution in [-0.2, 0) is 25.5 Å². The number of anilines is 1. The van der Waals surface area contributed by atoms with E-state index in [1.165, 1.54) is 23.1 Å². The van der Waals surface area contributed by atoms with Gasteiger partial charge in [0.1, 0.15) is 11.9 Å². The largest absolute Gasteiger partial charge is 0.454 e. The van der Waals surface area contributed by atoms with Crippen LogP contribution in [0.15, 0.2) is 48.5 Å². The first-order chi connectivity index (χ1) is 14.3. The van der Waals surface area contributed by atoms with Crippen molar-refractivity contribution >= 4 is 23.5 Å². The number of esters is 1. The van der Waals surface area contributed by atoms with Gasteiger partial charge in [0.15, 0.2) is 6.61 Å². The summed E-state index contributed by atoms with van der Waals surface area (Å²) in [6.45, 7) is 1.35. The maximum absolute atomic E-state index is 13.8. The minimum Gasteiger partial charge on any atom is -0.454 e. The predicted molar refractivity (Wildman–Crippen MR) is 107 cm³/mol. The van der Waals surface area contributed by atoms with Crippen molar-refractivity contribution in [3.63, 3.8) is 0 Å². The molecule has 1 heterocycles. The summed E-state index contributed by atoms with van der Waals surface area (Å²) < 4.78 is 18.9.